The number of hydrogen-bond donors (Lipinski definition) is 2. The van der Waals surface area contributed by atoms with Crippen LogP contribution >= 0.6 is 0 Å². The van der Waals surface area contributed by atoms with E-state index in [1.54, 1.807) is 0 Å². The number of ketones is 1. The van der Waals surface area contributed by atoms with Crippen molar-refractivity contribution in [2.75, 3.05) is 7.11 Å². The lowest BCUT2D eigenvalue weighted by molar-refractivity contribution is -0.138. The Labute approximate surface area is 97.0 Å². The first-order valence-electron chi connectivity index (χ1n) is 4.81. The molecule has 1 rings (SSSR count). The summed E-state index contributed by atoms with van der Waals surface area (Å²) in [6.07, 6.45) is -0.408. The molecule has 0 saturated carbocycles. The first-order valence-corrected chi connectivity index (χ1v) is 4.81. The van der Waals surface area contributed by atoms with Crippen LogP contribution in [0.1, 0.15) is 16.8 Å². The molecule has 6 heteroatoms. The van der Waals surface area contributed by atoms with Crippen LogP contribution in [0.15, 0.2) is 18.2 Å². The number of Topliss-reactive ketones (excluding diaryl/α,β-unsaturated/α-hetero) is 1. The molecule has 92 valence electrons. The van der Waals surface area contributed by atoms with Gasteiger partial charge in [-0.25, -0.2) is 4.39 Å². The minimum atomic E-state index is -1.31. The standard InChI is InChI=1S/C11H12FNO4/c1-17-10-3-2-6(12)4-7(10)9(14)5-8(13)11(15)16/h2-4,8H,5,13H2,1H3,(H,15,16)/t8-/m1/s1. The van der Waals surface area contributed by atoms with E-state index >= 15 is 0 Å². The summed E-state index contributed by atoms with van der Waals surface area (Å²) in [5.74, 6) is -2.27. The molecule has 0 amide bonds. The molecule has 0 radical (unpaired) electrons. The molecule has 5 nitrogen and oxygen atoms in total. The van der Waals surface area contributed by atoms with Crippen molar-refractivity contribution in [3.63, 3.8) is 0 Å². The maximum atomic E-state index is 13.0. The fraction of sp³-hybridized carbons (Fsp3) is 0.273. The van der Waals surface area contributed by atoms with Gasteiger partial charge in [-0.1, -0.05) is 0 Å². The predicted molar refractivity (Wildman–Crippen MR) is 57.5 cm³/mol. The number of rotatable bonds is 5. The Morgan fingerprint density at radius 2 is 2.18 bits per heavy atom. The van der Waals surface area contributed by atoms with Crippen LogP contribution in [0.2, 0.25) is 0 Å². The van der Waals surface area contributed by atoms with Crippen molar-refractivity contribution >= 4 is 11.8 Å². The SMILES string of the molecule is COc1ccc(F)cc1C(=O)C[C@@H](N)C(=O)O. The molecule has 1 atom stereocenters. The average molecular weight is 241 g/mol. The summed E-state index contributed by atoms with van der Waals surface area (Å²) in [5.41, 5.74) is 5.22. The van der Waals surface area contributed by atoms with Crippen LogP contribution in [0, 0.1) is 5.82 Å². The molecule has 0 bridgehead atoms. The van der Waals surface area contributed by atoms with Crippen molar-refractivity contribution in [3.05, 3.63) is 29.6 Å². The fourth-order valence-electron chi connectivity index (χ4n) is 1.30. The van der Waals surface area contributed by atoms with Gasteiger partial charge in [-0.05, 0) is 18.2 Å². The third kappa shape index (κ3) is 3.25. The van der Waals surface area contributed by atoms with Crippen LogP contribution in [0.25, 0.3) is 0 Å². The molecular weight excluding hydrogens is 229 g/mol. The second kappa shape index (κ2) is 5.40. The third-order valence-corrected chi connectivity index (χ3v) is 2.18. The summed E-state index contributed by atoms with van der Waals surface area (Å²) < 4.78 is 17.9. The van der Waals surface area contributed by atoms with Gasteiger partial charge in [0, 0.05) is 6.42 Å². The van der Waals surface area contributed by atoms with Crippen molar-refractivity contribution < 1.29 is 23.8 Å². The quantitative estimate of drug-likeness (QED) is 0.745. The Hall–Kier alpha value is -1.95. The Morgan fingerprint density at radius 1 is 1.53 bits per heavy atom. The van der Waals surface area contributed by atoms with Crippen LogP contribution in [-0.2, 0) is 4.79 Å². The number of halogens is 1. The maximum absolute atomic E-state index is 13.0. The van der Waals surface area contributed by atoms with E-state index in [0.29, 0.717) is 0 Å². The highest BCUT2D eigenvalue weighted by Gasteiger charge is 2.20. The number of methoxy groups -OCH3 is 1. The average Bonchev–Trinajstić information content (AvgIpc) is 2.28. The van der Waals surface area contributed by atoms with Gasteiger partial charge >= 0.3 is 5.97 Å². The van der Waals surface area contributed by atoms with Gasteiger partial charge in [-0.2, -0.15) is 0 Å². The molecule has 0 heterocycles. The molecule has 0 unspecified atom stereocenters. The van der Waals surface area contributed by atoms with Gasteiger partial charge in [0.25, 0.3) is 0 Å². The summed E-state index contributed by atoms with van der Waals surface area (Å²) in [6, 6.07) is 2.13. The van der Waals surface area contributed by atoms with Gasteiger partial charge in [0.05, 0.1) is 12.7 Å². The molecule has 0 aliphatic carbocycles. The van der Waals surface area contributed by atoms with Crippen LogP contribution in [0.4, 0.5) is 4.39 Å². The van der Waals surface area contributed by atoms with Crippen molar-refractivity contribution in [3.8, 4) is 5.75 Å². The van der Waals surface area contributed by atoms with Gasteiger partial charge < -0.3 is 15.6 Å². The van der Waals surface area contributed by atoms with E-state index in [0.717, 1.165) is 12.1 Å². The van der Waals surface area contributed by atoms with E-state index < -0.39 is 30.0 Å². The lowest BCUT2D eigenvalue weighted by Crippen LogP contribution is -2.32. The molecule has 1 aromatic carbocycles. The first-order chi connectivity index (χ1) is 7.95. The number of carboxylic acid groups (broad SMARTS) is 1. The smallest absolute Gasteiger partial charge is 0.320 e. The molecule has 17 heavy (non-hydrogen) atoms. The van der Waals surface area contributed by atoms with E-state index in [1.165, 1.54) is 13.2 Å². The molecule has 0 saturated heterocycles. The zero-order chi connectivity index (χ0) is 13.0. The van der Waals surface area contributed by atoms with Crippen LogP contribution in [0.3, 0.4) is 0 Å². The topological polar surface area (TPSA) is 89.6 Å². The van der Waals surface area contributed by atoms with Gasteiger partial charge in [-0.15, -0.1) is 0 Å². The summed E-state index contributed by atoms with van der Waals surface area (Å²) in [6.45, 7) is 0. The number of carboxylic acids is 1. The Balaban J connectivity index is 2.95. The van der Waals surface area contributed by atoms with Crippen molar-refractivity contribution in [1.82, 2.24) is 0 Å². The highest BCUT2D eigenvalue weighted by atomic mass is 19.1. The zero-order valence-corrected chi connectivity index (χ0v) is 9.14. The Bertz CT molecular complexity index is 447. The third-order valence-electron chi connectivity index (χ3n) is 2.18. The Morgan fingerprint density at radius 3 is 2.71 bits per heavy atom. The molecule has 0 aromatic heterocycles. The van der Waals surface area contributed by atoms with Crippen LogP contribution in [-0.4, -0.2) is 30.0 Å². The number of carbonyl (C=O) groups is 2. The number of carbonyl (C=O) groups excluding carboxylic acids is 1. The van der Waals surface area contributed by atoms with E-state index in [4.69, 9.17) is 15.6 Å². The molecular formula is C11H12FNO4. The van der Waals surface area contributed by atoms with Crippen LogP contribution in [0.5, 0.6) is 5.75 Å². The number of benzene rings is 1. The van der Waals surface area contributed by atoms with Gasteiger partial charge in [0.15, 0.2) is 5.78 Å². The summed E-state index contributed by atoms with van der Waals surface area (Å²) in [4.78, 5) is 22.2. The van der Waals surface area contributed by atoms with Gasteiger partial charge in [-0.3, -0.25) is 9.59 Å². The maximum Gasteiger partial charge on any atom is 0.320 e. The van der Waals surface area contributed by atoms with Crippen molar-refractivity contribution in [1.29, 1.82) is 0 Å². The minimum Gasteiger partial charge on any atom is -0.496 e. The summed E-state index contributed by atoms with van der Waals surface area (Å²) in [7, 11) is 1.33. The largest absolute Gasteiger partial charge is 0.496 e. The highest BCUT2D eigenvalue weighted by Crippen LogP contribution is 2.21. The first kappa shape index (κ1) is 13.1. The molecule has 0 aliphatic heterocycles. The van der Waals surface area contributed by atoms with Crippen molar-refractivity contribution in [2.24, 2.45) is 5.73 Å². The summed E-state index contributed by atoms with van der Waals surface area (Å²) >= 11 is 0. The molecule has 0 spiro atoms. The Kier molecular flexibility index (Phi) is 4.17. The van der Waals surface area contributed by atoms with Crippen molar-refractivity contribution in [2.45, 2.75) is 12.5 Å². The van der Waals surface area contributed by atoms with Gasteiger partial charge in [0.2, 0.25) is 0 Å². The van der Waals surface area contributed by atoms with Gasteiger partial charge in [0.1, 0.15) is 17.6 Å². The van der Waals surface area contributed by atoms with Crippen LogP contribution < -0.4 is 10.5 Å². The lowest BCUT2D eigenvalue weighted by atomic mass is 10.0. The number of ether oxygens (including phenoxy) is 1. The van der Waals surface area contributed by atoms with E-state index in [9.17, 15) is 14.0 Å². The predicted octanol–water partition coefficient (Wildman–Crippen LogP) is 0.819. The zero-order valence-electron chi connectivity index (χ0n) is 9.14. The van der Waals surface area contributed by atoms with E-state index in [-0.39, 0.29) is 11.3 Å². The second-order valence-electron chi connectivity index (χ2n) is 3.42. The van der Waals surface area contributed by atoms with E-state index in [1.807, 2.05) is 0 Å². The number of nitrogens with two attached hydrogens (primary N) is 1. The number of hydrogen-bond acceptors (Lipinski definition) is 4. The minimum absolute atomic E-state index is 0.01000. The lowest BCUT2D eigenvalue weighted by Gasteiger charge is -2.09. The number of aliphatic carboxylic acids is 1. The molecule has 1 aromatic rings. The molecule has 0 fully saturated rings. The highest BCUT2D eigenvalue weighted by molar-refractivity contribution is 6.00. The fourth-order valence-corrected chi connectivity index (χ4v) is 1.30. The molecule has 3 N–H and O–H groups in total. The second-order valence-corrected chi connectivity index (χ2v) is 3.42. The molecule has 0 aliphatic rings. The monoisotopic (exact) mass is 241 g/mol. The summed E-state index contributed by atoms with van der Waals surface area (Å²) in [5, 5.41) is 8.58. The normalized spacial score (nSPS) is 11.9. The van der Waals surface area contributed by atoms with E-state index in [2.05, 4.69) is 0 Å².